The maximum absolute atomic E-state index is 16.0. The average molecular weight is 646 g/mol. The molecule has 2 aromatic rings. The molecule has 9 atom stereocenters. The van der Waals surface area contributed by atoms with Crippen LogP contribution in [0.3, 0.4) is 0 Å². The summed E-state index contributed by atoms with van der Waals surface area (Å²) >= 11 is 1.71. The number of aliphatic hydroxyl groups excluding tert-OH is 2. The average Bonchev–Trinajstić information content (AvgIpc) is 3.47. The third kappa shape index (κ3) is 4.54. The predicted octanol–water partition coefficient (Wildman–Crippen LogP) is 5.89. The van der Waals surface area contributed by atoms with Crippen LogP contribution >= 0.6 is 11.8 Å². The van der Waals surface area contributed by atoms with E-state index in [1.54, 1.807) is 23.9 Å². The molecular weight excluding hydrogens is 601 g/mol. The molecule has 1 aliphatic heterocycles. The minimum atomic E-state index is -1.28. The fourth-order valence-corrected chi connectivity index (χ4v) is 11.8. The number of carbonyl (C=O) groups is 2. The Morgan fingerprint density at radius 3 is 2.43 bits per heavy atom. The van der Waals surface area contributed by atoms with Gasteiger partial charge in [0, 0.05) is 41.6 Å². The lowest BCUT2D eigenvalue weighted by Crippen LogP contribution is -2.65. The van der Waals surface area contributed by atoms with Gasteiger partial charge in [0.25, 0.3) is 0 Å². The van der Waals surface area contributed by atoms with Crippen molar-refractivity contribution in [2.45, 2.75) is 69.5 Å². The third-order valence-corrected chi connectivity index (χ3v) is 14.2. The molecule has 3 saturated carbocycles. The quantitative estimate of drug-likeness (QED) is 0.323. The van der Waals surface area contributed by atoms with Crippen molar-refractivity contribution in [3.8, 4) is 5.75 Å². The molecule has 1 heterocycles. The van der Waals surface area contributed by atoms with E-state index in [1.807, 2.05) is 25.1 Å². The van der Waals surface area contributed by atoms with Crippen LogP contribution in [0.1, 0.15) is 51.2 Å². The Labute approximate surface area is 274 Å². The smallest absolute Gasteiger partial charge is 0.178 e. The van der Waals surface area contributed by atoms with Crippen LogP contribution in [0.2, 0.25) is 0 Å². The van der Waals surface area contributed by atoms with Crippen LogP contribution in [0.25, 0.3) is 0 Å². The van der Waals surface area contributed by atoms with Gasteiger partial charge >= 0.3 is 0 Å². The summed E-state index contributed by atoms with van der Waals surface area (Å²) in [6, 6.07) is 15.8. The number of aliphatic hydroxyl groups is 2. The Balaban J connectivity index is 1.13. The summed E-state index contributed by atoms with van der Waals surface area (Å²) in [6.45, 7) is 7.65. The first kappa shape index (κ1) is 31.8. The molecule has 0 bridgehead atoms. The first-order valence-electron chi connectivity index (χ1n) is 16.5. The number of carbonyl (C=O) groups excluding carboxylic acids is 2. The molecule has 244 valence electrons. The van der Waals surface area contributed by atoms with Crippen molar-refractivity contribution in [2.24, 2.45) is 39.4 Å². The number of likely N-dealkylation sites (tertiary alicyclic amines) is 1. The van der Waals surface area contributed by atoms with Crippen molar-refractivity contribution in [2.75, 3.05) is 19.7 Å². The number of halogens is 1. The van der Waals surface area contributed by atoms with E-state index in [4.69, 9.17) is 0 Å². The number of thioether (sulfide) groups is 1. The largest absolute Gasteiger partial charge is 0.508 e. The summed E-state index contributed by atoms with van der Waals surface area (Å²) in [5.74, 6) is 0.255. The van der Waals surface area contributed by atoms with Gasteiger partial charge in [-0.2, -0.15) is 0 Å². The van der Waals surface area contributed by atoms with Crippen LogP contribution in [0.15, 0.2) is 77.2 Å². The molecule has 0 amide bonds. The zero-order valence-corrected chi connectivity index (χ0v) is 27.6. The predicted molar refractivity (Wildman–Crippen MR) is 176 cm³/mol. The van der Waals surface area contributed by atoms with Crippen molar-refractivity contribution in [3.63, 3.8) is 0 Å². The number of aromatic hydroxyl groups is 1. The molecule has 0 radical (unpaired) electrons. The normalized spacial score (nSPS) is 39.7. The minimum Gasteiger partial charge on any atom is -0.508 e. The number of phenolic OH excluding ortho intramolecular Hbond substituents is 1. The summed E-state index contributed by atoms with van der Waals surface area (Å²) in [6.07, 6.45) is 4.07. The van der Waals surface area contributed by atoms with Crippen LogP contribution in [-0.4, -0.2) is 63.8 Å². The zero-order chi connectivity index (χ0) is 32.6. The first-order chi connectivity index (χ1) is 21.8. The van der Waals surface area contributed by atoms with Crippen LogP contribution in [0.4, 0.5) is 4.39 Å². The maximum atomic E-state index is 16.0. The number of rotatable bonds is 7. The number of hydrogen-bond acceptors (Lipinski definition) is 7. The highest BCUT2D eigenvalue weighted by Gasteiger charge is 2.78. The molecule has 5 aliphatic rings. The van der Waals surface area contributed by atoms with E-state index in [0.29, 0.717) is 31.6 Å². The summed E-state index contributed by atoms with van der Waals surface area (Å²) < 4.78 is 16.0. The number of ketones is 2. The van der Waals surface area contributed by atoms with Gasteiger partial charge in [-0.1, -0.05) is 51.1 Å². The molecule has 0 spiro atoms. The van der Waals surface area contributed by atoms with Gasteiger partial charge in [0.15, 0.2) is 11.6 Å². The number of nitrogens with zero attached hydrogens (tertiary/aromatic N) is 1. The van der Waals surface area contributed by atoms with Crippen molar-refractivity contribution >= 4 is 23.3 Å². The van der Waals surface area contributed by atoms with E-state index in [1.165, 1.54) is 17.7 Å². The molecule has 7 rings (SSSR count). The lowest BCUT2D eigenvalue weighted by molar-refractivity contribution is -0.190. The number of hydrogen-bond donors (Lipinski definition) is 3. The third-order valence-electron chi connectivity index (χ3n) is 13.2. The van der Waals surface area contributed by atoms with Gasteiger partial charge in [0.2, 0.25) is 0 Å². The van der Waals surface area contributed by atoms with Crippen LogP contribution < -0.4 is 0 Å². The second kappa shape index (κ2) is 11.1. The van der Waals surface area contributed by atoms with E-state index in [0.717, 1.165) is 22.6 Å². The summed E-state index contributed by atoms with van der Waals surface area (Å²) in [4.78, 5) is 29.7. The minimum absolute atomic E-state index is 0.0136. The second-order valence-electron chi connectivity index (χ2n) is 15.2. The van der Waals surface area contributed by atoms with Gasteiger partial charge in [-0.05, 0) is 95.0 Å². The molecule has 8 heteroatoms. The molecule has 4 aliphatic carbocycles. The van der Waals surface area contributed by atoms with Gasteiger partial charge in [0.1, 0.15) is 18.5 Å². The molecule has 1 saturated heterocycles. The molecule has 3 N–H and O–H groups in total. The molecule has 6 nitrogen and oxygen atoms in total. The Bertz CT molecular complexity index is 1610. The molecule has 2 aromatic carbocycles. The Hall–Kier alpha value is -2.78. The number of alkyl halides is 1. The van der Waals surface area contributed by atoms with E-state index in [-0.39, 0.29) is 41.5 Å². The highest BCUT2D eigenvalue weighted by atomic mass is 32.2. The monoisotopic (exact) mass is 645 g/mol. The van der Waals surface area contributed by atoms with Gasteiger partial charge in [-0.15, -0.1) is 11.8 Å². The van der Waals surface area contributed by atoms with Crippen molar-refractivity contribution in [1.29, 1.82) is 0 Å². The van der Waals surface area contributed by atoms with E-state index >= 15 is 4.39 Å². The first-order valence-corrected chi connectivity index (χ1v) is 17.5. The van der Waals surface area contributed by atoms with Gasteiger partial charge in [-0.25, -0.2) is 4.39 Å². The molecular formula is C38H44FNO5S. The number of fused-ring (bicyclic) bond motifs is 7. The Kier molecular flexibility index (Phi) is 7.71. The van der Waals surface area contributed by atoms with Crippen LogP contribution in [-0.2, 0) is 21.9 Å². The lowest BCUT2D eigenvalue weighted by Gasteiger charge is -2.65. The van der Waals surface area contributed by atoms with E-state index < -0.39 is 40.5 Å². The number of allylic oxidation sites excluding steroid dienone is 4. The van der Waals surface area contributed by atoms with Crippen molar-refractivity contribution in [3.05, 3.63) is 83.5 Å². The fraction of sp³-hybridized carbons (Fsp3) is 0.526. The highest BCUT2D eigenvalue weighted by molar-refractivity contribution is 7.98. The van der Waals surface area contributed by atoms with Gasteiger partial charge in [0.05, 0.1) is 11.5 Å². The zero-order valence-electron chi connectivity index (χ0n) is 26.8. The molecule has 0 aromatic heterocycles. The van der Waals surface area contributed by atoms with Gasteiger partial charge < -0.3 is 15.3 Å². The Morgan fingerprint density at radius 2 is 1.74 bits per heavy atom. The van der Waals surface area contributed by atoms with E-state index in [9.17, 15) is 24.9 Å². The van der Waals surface area contributed by atoms with Gasteiger partial charge in [-0.3, -0.25) is 14.5 Å². The number of benzene rings is 2. The van der Waals surface area contributed by atoms with Crippen molar-refractivity contribution in [1.82, 2.24) is 4.90 Å². The van der Waals surface area contributed by atoms with E-state index in [2.05, 4.69) is 43.0 Å². The molecule has 46 heavy (non-hydrogen) atoms. The fourth-order valence-electron chi connectivity index (χ4n) is 10.9. The summed E-state index contributed by atoms with van der Waals surface area (Å²) in [5, 5.41) is 31.9. The maximum Gasteiger partial charge on any atom is 0.178 e. The summed E-state index contributed by atoms with van der Waals surface area (Å²) in [7, 11) is 0. The topological polar surface area (TPSA) is 98.1 Å². The number of phenols is 1. The van der Waals surface area contributed by atoms with Crippen LogP contribution in [0.5, 0.6) is 5.75 Å². The lowest BCUT2D eigenvalue weighted by atomic mass is 9.39. The Morgan fingerprint density at radius 1 is 1.04 bits per heavy atom. The van der Waals surface area contributed by atoms with Crippen LogP contribution in [0, 0.1) is 39.4 Å². The number of Topliss-reactive ketones (excluding diaryl/α,β-unsaturated/α-hetero) is 1. The second-order valence-corrected chi connectivity index (χ2v) is 16.2. The SMILES string of the molecule is CC12C=CC(=O)C=C1C(F)CC1C2C(O)CC2(C)C1(C)CC1CN(Cc3ccc(CSc4ccc(O)cc4)cc3)CC12C(=O)CO. The molecule has 4 fully saturated rings. The standard InChI is InChI=1S/C38H44FNO5S/c1-35-13-12-27(43)14-29(35)31(39)15-30-34(35)32(44)17-37(3)36(30,2)16-25-19-40(22-38(25,37)33(45)20-41)18-23-4-6-24(7-5-23)21-46-28-10-8-26(42)9-11-28/h4-14,25,30-32,34,41-42,44H,15-22H2,1-3H3. The van der Waals surface area contributed by atoms with Crippen molar-refractivity contribution < 1.29 is 29.3 Å². The highest BCUT2D eigenvalue weighted by Crippen LogP contribution is 2.77. The summed E-state index contributed by atoms with van der Waals surface area (Å²) in [5.41, 5.74) is 0.160. The molecule has 9 unspecified atom stereocenters.